The van der Waals surface area contributed by atoms with Crippen molar-refractivity contribution in [1.29, 1.82) is 0 Å². The van der Waals surface area contributed by atoms with Crippen LogP contribution in [0.25, 0.3) is 0 Å². The first-order valence-corrected chi connectivity index (χ1v) is 5.40. The molecule has 0 amide bonds. The van der Waals surface area contributed by atoms with E-state index >= 15 is 0 Å². The van der Waals surface area contributed by atoms with Gasteiger partial charge in [-0.05, 0) is 34.1 Å². The highest BCUT2D eigenvalue weighted by Crippen LogP contribution is 2.27. The van der Waals surface area contributed by atoms with Crippen LogP contribution >= 0.6 is 0 Å². The average molecular weight is 223 g/mol. The van der Waals surface area contributed by atoms with Gasteiger partial charge in [0.15, 0.2) is 0 Å². The lowest BCUT2D eigenvalue weighted by atomic mass is 9.81. The summed E-state index contributed by atoms with van der Waals surface area (Å²) in [4.78, 5) is 10.8. The predicted octanol–water partition coefficient (Wildman–Crippen LogP) is 0.382. The van der Waals surface area contributed by atoms with Gasteiger partial charge in [0.25, 0.3) is 0 Å². The lowest BCUT2D eigenvalue weighted by molar-refractivity contribution is -0.148. The minimum Gasteiger partial charge on any atom is -0.481 e. The van der Waals surface area contributed by atoms with Gasteiger partial charge in [-0.3, -0.25) is 4.79 Å². The van der Waals surface area contributed by atoms with Crippen molar-refractivity contribution in [3.8, 4) is 0 Å². The van der Waals surface area contributed by atoms with Gasteiger partial charge >= 0.3 is 5.97 Å². The van der Waals surface area contributed by atoms with Crippen molar-refractivity contribution < 1.29 is 18.3 Å². The zero-order valence-electron chi connectivity index (χ0n) is 8.83. The van der Waals surface area contributed by atoms with E-state index in [1.165, 1.54) is 0 Å². The first-order valence-electron chi connectivity index (χ1n) is 4.22. The molecule has 0 fully saturated rings. The molecule has 0 bridgehead atoms. The minimum absolute atomic E-state index is 0.235. The van der Waals surface area contributed by atoms with Crippen LogP contribution in [0.3, 0.4) is 0 Å². The highest BCUT2D eigenvalue weighted by molar-refractivity contribution is 7.70. The third kappa shape index (κ3) is 4.57. The number of hydrogen-bond donors (Lipinski definition) is 3. The number of hydrogen-bond acceptors (Lipinski definition) is 3. The van der Waals surface area contributed by atoms with E-state index in [0.717, 1.165) is 0 Å². The molecule has 0 rings (SSSR count). The Labute approximate surface area is 85.6 Å². The third-order valence-corrected chi connectivity index (χ3v) is 2.64. The van der Waals surface area contributed by atoms with Crippen LogP contribution in [0.15, 0.2) is 0 Å². The number of carboxylic acid groups (broad SMARTS) is 1. The van der Waals surface area contributed by atoms with Gasteiger partial charge < -0.3 is 5.11 Å². The third-order valence-electron chi connectivity index (χ3n) is 1.86. The summed E-state index contributed by atoms with van der Waals surface area (Å²) in [6.07, 6.45) is 0.235. The largest absolute Gasteiger partial charge is 0.481 e. The molecule has 0 unspecified atom stereocenters. The molecule has 0 aromatic rings. The molecule has 0 aliphatic rings. The SMILES string of the molecule is CC(C)(CC(C)(C)C(=O)O)N[SH](=O)=O. The van der Waals surface area contributed by atoms with E-state index in [-0.39, 0.29) is 6.42 Å². The minimum atomic E-state index is -2.70. The highest BCUT2D eigenvalue weighted by atomic mass is 32.2. The van der Waals surface area contributed by atoms with Gasteiger partial charge in [0.1, 0.15) is 0 Å². The average Bonchev–Trinajstić information content (AvgIpc) is 1.79. The molecule has 0 atom stereocenters. The van der Waals surface area contributed by atoms with Crippen LogP contribution < -0.4 is 4.72 Å². The fourth-order valence-corrected chi connectivity index (χ4v) is 2.04. The zero-order chi connectivity index (χ0) is 11.6. The maximum absolute atomic E-state index is 10.8. The lowest BCUT2D eigenvalue weighted by Crippen LogP contribution is -2.44. The molecular formula is C8H17NO4S. The van der Waals surface area contributed by atoms with Crippen LogP contribution in [0.4, 0.5) is 0 Å². The van der Waals surface area contributed by atoms with Gasteiger partial charge in [-0.2, -0.15) is 0 Å². The molecule has 0 aliphatic heterocycles. The first-order chi connectivity index (χ1) is 6.07. The zero-order valence-corrected chi connectivity index (χ0v) is 9.72. The predicted molar refractivity (Wildman–Crippen MR) is 53.6 cm³/mol. The van der Waals surface area contributed by atoms with Gasteiger partial charge in [-0.15, -0.1) is 0 Å². The molecule has 0 saturated heterocycles. The van der Waals surface area contributed by atoms with E-state index in [1.807, 2.05) is 0 Å². The summed E-state index contributed by atoms with van der Waals surface area (Å²) < 4.78 is 23.2. The maximum atomic E-state index is 10.8. The highest BCUT2D eigenvalue weighted by Gasteiger charge is 2.34. The number of thiol groups is 1. The molecule has 0 aromatic carbocycles. The fourth-order valence-electron chi connectivity index (χ4n) is 1.47. The van der Waals surface area contributed by atoms with Gasteiger partial charge in [0.2, 0.25) is 10.9 Å². The smallest absolute Gasteiger partial charge is 0.309 e. The Balaban J connectivity index is 4.57. The normalized spacial score (nSPS) is 13.2. The Morgan fingerprint density at radius 1 is 1.29 bits per heavy atom. The van der Waals surface area contributed by atoms with Gasteiger partial charge in [-0.1, -0.05) is 0 Å². The molecule has 84 valence electrons. The standard InChI is InChI=1S/C8H17NO4S/c1-7(2,6(10)11)5-8(3,4)9-14(12)13/h14H,5H2,1-4H3,(H,10,11)(H,9,12,13). The summed E-state index contributed by atoms with van der Waals surface area (Å²) in [5.74, 6) is -0.937. The molecule has 14 heavy (non-hydrogen) atoms. The Morgan fingerprint density at radius 2 is 1.71 bits per heavy atom. The summed E-state index contributed by atoms with van der Waals surface area (Å²) in [7, 11) is -2.70. The number of aliphatic carboxylic acids is 1. The molecule has 6 heteroatoms. The quantitative estimate of drug-likeness (QED) is 0.588. The fraction of sp³-hybridized carbons (Fsp3) is 0.875. The van der Waals surface area contributed by atoms with Gasteiger partial charge in [0.05, 0.1) is 5.41 Å². The molecular weight excluding hydrogens is 206 g/mol. The number of carbonyl (C=O) groups is 1. The van der Waals surface area contributed by atoms with Crippen molar-refractivity contribution in [2.45, 2.75) is 39.7 Å². The molecule has 0 heterocycles. The van der Waals surface area contributed by atoms with Crippen LogP contribution in [0.2, 0.25) is 0 Å². The molecule has 0 saturated carbocycles. The molecule has 0 radical (unpaired) electrons. The van der Waals surface area contributed by atoms with Crippen molar-refractivity contribution in [3.63, 3.8) is 0 Å². The van der Waals surface area contributed by atoms with Crippen LogP contribution in [-0.2, 0) is 15.7 Å². The van der Waals surface area contributed by atoms with Crippen molar-refractivity contribution >= 4 is 16.9 Å². The van der Waals surface area contributed by atoms with Crippen LogP contribution in [0, 0.1) is 5.41 Å². The second-order valence-electron chi connectivity index (χ2n) is 4.62. The number of rotatable bonds is 5. The van der Waals surface area contributed by atoms with Crippen LogP contribution in [0.5, 0.6) is 0 Å². The van der Waals surface area contributed by atoms with Crippen molar-refractivity contribution in [1.82, 2.24) is 4.72 Å². The first kappa shape index (κ1) is 13.4. The number of nitrogens with one attached hydrogen (secondary N) is 1. The summed E-state index contributed by atoms with van der Waals surface area (Å²) in [6.45, 7) is 6.44. The van der Waals surface area contributed by atoms with Crippen LogP contribution in [-0.4, -0.2) is 25.0 Å². The summed E-state index contributed by atoms with van der Waals surface area (Å²) >= 11 is 0. The summed E-state index contributed by atoms with van der Waals surface area (Å²) in [5.41, 5.74) is -1.68. The Hall–Kier alpha value is -0.620. The van der Waals surface area contributed by atoms with E-state index in [0.29, 0.717) is 0 Å². The Kier molecular flexibility index (Phi) is 4.08. The van der Waals surface area contributed by atoms with E-state index in [1.54, 1.807) is 27.7 Å². The van der Waals surface area contributed by atoms with Gasteiger partial charge in [0, 0.05) is 5.54 Å². The van der Waals surface area contributed by atoms with Crippen molar-refractivity contribution in [3.05, 3.63) is 0 Å². The Morgan fingerprint density at radius 3 is 2.00 bits per heavy atom. The van der Waals surface area contributed by atoms with E-state index < -0.39 is 27.8 Å². The molecule has 2 N–H and O–H groups in total. The maximum Gasteiger partial charge on any atom is 0.309 e. The monoisotopic (exact) mass is 223 g/mol. The van der Waals surface area contributed by atoms with Crippen molar-refractivity contribution in [2.24, 2.45) is 5.41 Å². The molecule has 0 aromatic heterocycles. The molecule has 0 aliphatic carbocycles. The molecule has 0 spiro atoms. The topological polar surface area (TPSA) is 83.5 Å². The van der Waals surface area contributed by atoms with Crippen molar-refractivity contribution in [2.75, 3.05) is 0 Å². The second kappa shape index (κ2) is 4.27. The number of carboxylic acids is 1. The summed E-state index contributed by atoms with van der Waals surface area (Å²) in [6, 6.07) is 0. The molecule has 5 nitrogen and oxygen atoms in total. The lowest BCUT2D eigenvalue weighted by Gasteiger charge is -2.30. The van der Waals surface area contributed by atoms with E-state index in [4.69, 9.17) is 5.11 Å². The van der Waals surface area contributed by atoms with Gasteiger partial charge in [-0.25, -0.2) is 13.1 Å². The summed E-state index contributed by atoms with van der Waals surface area (Å²) in [5, 5.41) is 8.86. The van der Waals surface area contributed by atoms with E-state index in [2.05, 4.69) is 4.72 Å². The second-order valence-corrected chi connectivity index (χ2v) is 5.36. The Bertz CT molecular complexity index is 286. The van der Waals surface area contributed by atoms with Crippen LogP contribution in [0.1, 0.15) is 34.1 Å². The van der Waals surface area contributed by atoms with E-state index in [9.17, 15) is 13.2 Å².